The standard InChI is InChI=1S/C17H19N5O5/c1-19-14-13(15(24)22(17(19)25)10-12(23)26-2)21-7-4-6-20(16(21)18-14)9-11-5-3-8-27-11/h3,5,8H,4,6-7,9-10H2,1-2H3. The van der Waals surface area contributed by atoms with Crippen LogP contribution in [0.2, 0.25) is 0 Å². The van der Waals surface area contributed by atoms with Crippen molar-refractivity contribution in [1.29, 1.82) is 0 Å². The van der Waals surface area contributed by atoms with Crippen LogP contribution in [0.3, 0.4) is 0 Å². The molecular formula is C17H19N5O5. The first-order chi connectivity index (χ1) is 13.0. The Balaban J connectivity index is 1.88. The molecule has 0 fully saturated rings. The SMILES string of the molecule is COC(=O)Cn1c(=O)c2c(nc3n2CCCN3Cc2ccco2)n(C)c1=O. The predicted octanol–water partition coefficient (Wildman–Crippen LogP) is 0.0730. The molecule has 0 unspecified atom stereocenters. The van der Waals surface area contributed by atoms with Crippen LogP contribution in [0.25, 0.3) is 11.2 Å². The number of carbonyl (C=O) groups excluding carboxylic acids is 1. The summed E-state index contributed by atoms with van der Waals surface area (Å²) in [5, 5.41) is 0. The fourth-order valence-corrected chi connectivity index (χ4v) is 3.41. The molecule has 0 atom stereocenters. The van der Waals surface area contributed by atoms with Gasteiger partial charge in [-0.15, -0.1) is 0 Å². The van der Waals surface area contributed by atoms with Crippen LogP contribution in [0.1, 0.15) is 12.2 Å². The van der Waals surface area contributed by atoms with E-state index in [0.29, 0.717) is 30.2 Å². The molecule has 0 radical (unpaired) electrons. The zero-order valence-corrected chi connectivity index (χ0v) is 15.0. The molecule has 10 nitrogen and oxygen atoms in total. The van der Waals surface area contributed by atoms with Crippen molar-refractivity contribution in [2.45, 2.75) is 26.1 Å². The van der Waals surface area contributed by atoms with E-state index in [4.69, 9.17) is 4.42 Å². The lowest BCUT2D eigenvalue weighted by atomic mass is 10.3. The first-order valence-corrected chi connectivity index (χ1v) is 8.55. The topological polar surface area (TPSA) is 104 Å². The Hall–Kier alpha value is -3.30. The number of nitrogens with zero attached hydrogens (tertiary/aromatic N) is 5. The molecule has 0 N–H and O–H groups in total. The van der Waals surface area contributed by atoms with Gasteiger partial charge < -0.3 is 18.6 Å². The first-order valence-electron chi connectivity index (χ1n) is 8.55. The minimum Gasteiger partial charge on any atom is -0.468 e. The Morgan fingerprint density at radius 1 is 1.33 bits per heavy atom. The minimum absolute atomic E-state index is 0.299. The van der Waals surface area contributed by atoms with Gasteiger partial charge in [0.15, 0.2) is 11.2 Å². The second-order valence-corrected chi connectivity index (χ2v) is 6.40. The maximum Gasteiger partial charge on any atom is 0.333 e. The maximum atomic E-state index is 13.0. The van der Waals surface area contributed by atoms with Crippen molar-refractivity contribution in [3.8, 4) is 0 Å². The highest BCUT2D eigenvalue weighted by atomic mass is 16.5. The second-order valence-electron chi connectivity index (χ2n) is 6.40. The number of methoxy groups -OCH3 is 1. The Kier molecular flexibility index (Phi) is 4.09. The highest BCUT2D eigenvalue weighted by Crippen LogP contribution is 2.25. The van der Waals surface area contributed by atoms with Crippen molar-refractivity contribution in [3.63, 3.8) is 0 Å². The zero-order chi connectivity index (χ0) is 19.1. The highest BCUT2D eigenvalue weighted by Gasteiger charge is 2.27. The molecule has 27 heavy (non-hydrogen) atoms. The summed E-state index contributed by atoms with van der Waals surface area (Å²) in [6.07, 6.45) is 2.43. The molecule has 10 heteroatoms. The molecule has 1 aliphatic rings. The van der Waals surface area contributed by atoms with Gasteiger partial charge in [-0.3, -0.25) is 14.2 Å². The molecular weight excluding hydrogens is 354 g/mol. The van der Waals surface area contributed by atoms with Crippen molar-refractivity contribution in [3.05, 3.63) is 45.0 Å². The van der Waals surface area contributed by atoms with Gasteiger partial charge in [0, 0.05) is 20.1 Å². The molecule has 4 heterocycles. The Bertz CT molecular complexity index is 1120. The molecule has 0 saturated carbocycles. The number of rotatable bonds is 4. The van der Waals surface area contributed by atoms with E-state index in [-0.39, 0.29) is 0 Å². The van der Waals surface area contributed by atoms with Crippen LogP contribution in [0.5, 0.6) is 0 Å². The number of carbonyl (C=O) groups is 1. The van der Waals surface area contributed by atoms with Crippen molar-refractivity contribution in [2.75, 3.05) is 18.6 Å². The summed E-state index contributed by atoms with van der Waals surface area (Å²) in [4.78, 5) is 43.7. The van der Waals surface area contributed by atoms with Crippen LogP contribution in [0, 0.1) is 0 Å². The summed E-state index contributed by atoms with van der Waals surface area (Å²) < 4.78 is 14.0. The molecule has 0 saturated heterocycles. The van der Waals surface area contributed by atoms with Crippen LogP contribution in [0.4, 0.5) is 5.95 Å². The van der Waals surface area contributed by atoms with Gasteiger partial charge in [0.2, 0.25) is 5.95 Å². The summed E-state index contributed by atoms with van der Waals surface area (Å²) in [5.74, 6) is 0.731. The van der Waals surface area contributed by atoms with Crippen LogP contribution < -0.4 is 16.1 Å². The number of imidazole rings is 1. The number of furan rings is 1. The summed E-state index contributed by atoms with van der Waals surface area (Å²) in [6.45, 7) is 1.44. The summed E-state index contributed by atoms with van der Waals surface area (Å²) >= 11 is 0. The average molecular weight is 373 g/mol. The average Bonchev–Trinajstić information content (AvgIpc) is 3.31. The lowest BCUT2D eigenvalue weighted by Gasteiger charge is -2.28. The van der Waals surface area contributed by atoms with Gasteiger partial charge in [-0.25, -0.2) is 9.36 Å². The van der Waals surface area contributed by atoms with Gasteiger partial charge in [0.1, 0.15) is 12.3 Å². The van der Waals surface area contributed by atoms with Gasteiger partial charge >= 0.3 is 11.7 Å². The normalized spacial score (nSPS) is 13.8. The number of anilines is 1. The van der Waals surface area contributed by atoms with E-state index < -0.39 is 23.8 Å². The zero-order valence-electron chi connectivity index (χ0n) is 15.0. The third-order valence-electron chi connectivity index (χ3n) is 4.75. The molecule has 0 aliphatic carbocycles. The van der Waals surface area contributed by atoms with E-state index in [1.54, 1.807) is 10.8 Å². The van der Waals surface area contributed by atoms with Gasteiger partial charge in [-0.05, 0) is 18.6 Å². The smallest absolute Gasteiger partial charge is 0.333 e. The number of aromatic nitrogens is 4. The first kappa shape index (κ1) is 17.1. The highest BCUT2D eigenvalue weighted by molar-refractivity contribution is 5.75. The third-order valence-corrected chi connectivity index (χ3v) is 4.75. The monoisotopic (exact) mass is 373 g/mol. The molecule has 4 rings (SSSR count). The van der Waals surface area contributed by atoms with Crippen molar-refractivity contribution in [1.82, 2.24) is 18.7 Å². The van der Waals surface area contributed by atoms with E-state index in [0.717, 1.165) is 23.3 Å². The molecule has 0 amide bonds. The number of aryl methyl sites for hydroxylation is 2. The molecule has 0 aromatic carbocycles. The van der Waals surface area contributed by atoms with Gasteiger partial charge in [0.25, 0.3) is 5.56 Å². The molecule has 142 valence electrons. The molecule has 0 bridgehead atoms. The number of ether oxygens (including phenoxy) is 1. The Morgan fingerprint density at radius 2 is 2.15 bits per heavy atom. The molecule has 1 aliphatic heterocycles. The van der Waals surface area contributed by atoms with Gasteiger partial charge in [-0.2, -0.15) is 4.98 Å². The molecule has 0 spiro atoms. The van der Waals surface area contributed by atoms with Crippen LogP contribution in [-0.2, 0) is 36.2 Å². The van der Waals surface area contributed by atoms with E-state index >= 15 is 0 Å². The maximum absolute atomic E-state index is 13.0. The van der Waals surface area contributed by atoms with Crippen LogP contribution >= 0.6 is 0 Å². The van der Waals surface area contributed by atoms with Gasteiger partial charge in [0.05, 0.1) is 19.9 Å². The van der Waals surface area contributed by atoms with E-state index in [1.165, 1.54) is 18.7 Å². The van der Waals surface area contributed by atoms with E-state index in [2.05, 4.69) is 9.72 Å². The largest absolute Gasteiger partial charge is 0.468 e. The molecule has 3 aromatic heterocycles. The lowest BCUT2D eigenvalue weighted by Crippen LogP contribution is -2.41. The summed E-state index contributed by atoms with van der Waals surface area (Å²) in [5.41, 5.74) is -0.546. The number of esters is 1. The van der Waals surface area contributed by atoms with E-state index in [9.17, 15) is 14.4 Å². The minimum atomic E-state index is -0.661. The predicted molar refractivity (Wildman–Crippen MR) is 95.6 cm³/mol. The van der Waals surface area contributed by atoms with E-state index in [1.807, 2.05) is 17.0 Å². The summed E-state index contributed by atoms with van der Waals surface area (Å²) in [6, 6.07) is 3.69. The van der Waals surface area contributed by atoms with Crippen molar-refractivity contribution in [2.24, 2.45) is 7.05 Å². The van der Waals surface area contributed by atoms with Crippen LogP contribution in [0.15, 0.2) is 32.4 Å². The lowest BCUT2D eigenvalue weighted by molar-refractivity contribution is -0.141. The van der Waals surface area contributed by atoms with Crippen molar-refractivity contribution >= 4 is 23.1 Å². The van der Waals surface area contributed by atoms with Gasteiger partial charge in [-0.1, -0.05) is 0 Å². The van der Waals surface area contributed by atoms with Crippen molar-refractivity contribution < 1.29 is 13.9 Å². The number of hydrogen-bond donors (Lipinski definition) is 0. The fourth-order valence-electron chi connectivity index (χ4n) is 3.41. The quantitative estimate of drug-likeness (QED) is 0.596. The number of hydrogen-bond acceptors (Lipinski definition) is 7. The fraction of sp³-hybridized carbons (Fsp3) is 0.412. The summed E-state index contributed by atoms with van der Waals surface area (Å²) in [7, 11) is 2.75. The molecule has 3 aromatic rings. The third kappa shape index (κ3) is 2.73. The second kappa shape index (κ2) is 6.45. The Labute approximate surface area is 153 Å². The Morgan fingerprint density at radius 3 is 2.85 bits per heavy atom. The van der Waals surface area contributed by atoms with Crippen LogP contribution in [-0.4, -0.2) is 38.3 Å². The number of fused-ring (bicyclic) bond motifs is 3.